The lowest BCUT2D eigenvalue weighted by molar-refractivity contribution is -0.138. The number of benzene rings is 1. The van der Waals surface area contributed by atoms with Crippen molar-refractivity contribution in [2.45, 2.75) is 11.7 Å². The van der Waals surface area contributed by atoms with Crippen LogP contribution in [0.2, 0.25) is 0 Å². The van der Waals surface area contributed by atoms with Crippen molar-refractivity contribution in [1.29, 1.82) is 0 Å². The number of anilines is 1. The first-order valence-corrected chi connectivity index (χ1v) is 7.41. The first-order valence-electron chi connectivity index (χ1n) is 6.53. The largest absolute Gasteiger partial charge is 0.481 e. The highest BCUT2D eigenvalue weighted by Gasteiger charge is 2.32. The second-order valence-electron chi connectivity index (χ2n) is 4.83. The van der Waals surface area contributed by atoms with Gasteiger partial charge in [0.15, 0.2) is 5.17 Å². The zero-order chi connectivity index (χ0) is 16.1. The van der Waals surface area contributed by atoms with Gasteiger partial charge in [0.25, 0.3) is 0 Å². The predicted molar refractivity (Wildman–Crippen MR) is 87.6 cm³/mol. The third kappa shape index (κ3) is 4.32. The van der Waals surface area contributed by atoms with Crippen LogP contribution in [0.3, 0.4) is 0 Å². The van der Waals surface area contributed by atoms with Gasteiger partial charge in [-0.05, 0) is 17.7 Å². The van der Waals surface area contributed by atoms with Crippen LogP contribution in [0.4, 0.5) is 5.69 Å². The van der Waals surface area contributed by atoms with E-state index < -0.39 is 11.2 Å². The van der Waals surface area contributed by atoms with Crippen LogP contribution in [0.1, 0.15) is 12.0 Å². The monoisotopic (exact) mass is 320 g/mol. The normalized spacial score (nSPS) is 19.6. The maximum Gasteiger partial charge on any atom is 0.305 e. The fourth-order valence-electron chi connectivity index (χ4n) is 1.75. The number of rotatable bonds is 5. The zero-order valence-electron chi connectivity index (χ0n) is 12.2. The molecular formula is C14H16N4O3S. The number of nitrogens with zero attached hydrogens (tertiary/aromatic N) is 3. The van der Waals surface area contributed by atoms with Gasteiger partial charge in [-0.2, -0.15) is 5.10 Å². The molecule has 7 nitrogen and oxygen atoms in total. The molecule has 1 fully saturated rings. The van der Waals surface area contributed by atoms with Crippen LogP contribution in [0.25, 0.3) is 0 Å². The summed E-state index contributed by atoms with van der Waals surface area (Å²) in [6.07, 6.45) is 1.34. The van der Waals surface area contributed by atoms with Crippen molar-refractivity contribution in [3.63, 3.8) is 0 Å². The number of carboxylic acids is 1. The molecule has 0 unspecified atom stereocenters. The number of hydrogen-bond donors (Lipinski definition) is 2. The first-order chi connectivity index (χ1) is 10.5. The summed E-state index contributed by atoms with van der Waals surface area (Å²) < 4.78 is 0. The van der Waals surface area contributed by atoms with Crippen LogP contribution in [-0.2, 0) is 9.59 Å². The van der Waals surface area contributed by atoms with Crippen LogP contribution in [0.5, 0.6) is 0 Å². The Balaban J connectivity index is 1.96. The first kappa shape index (κ1) is 16.0. The number of nitrogens with one attached hydrogen (secondary N) is 1. The van der Waals surface area contributed by atoms with E-state index in [4.69, 9.17) is 5.11 Å². The molecule has 0 bridgehead atoms. The highest BCUT2D eigenvalue weighted by atomic mass is 32.2. The predicted octanol–water partition coefficient (Wildman–Crippen LogP) is 1.15. The fourth-order valence-corrected chi connectivity index (χ4v) is 2.67. The summed E-state index contributed by atoms with van der Waals surface area (Å²) in [5.74, 6) is -1.37. The lowest BCUT2D eigenvalue weighted by atomic mass is 10.2. The van der Waals surface area contributed by atoms with E-state index in [1.54, 1.807) is 6.21 Å². The Bertz CT molecular complexity index is 625. The molecule has 1 atom stereocenters. The highest BCUT2D eigenvalue weighted by Crippen LogP contribution is 2.22. The Kier molecular flexibility index (Phi) is 5.16. The van der Waals surface area contributed by atoms with Gasteiger partial charge in [-0.1, -0.05) is 23.9 Å². The minimum Gasteiger partial charge on any atom is -0.481 e. The van der Waals surface area contributed by atoms with Gasteiger partial charge >= 0.3 is 5.97 Å². The lowest BCUT2D eigenvalue weighted by Crippen LogP contribution is -2.26. The molecule has 2 N–H and O–H groups in total. The topological polar surface area (TPSA) is 94.4 Å². The van der Waals surface area contributed by atoms with E-state index in [2.05, 4.69) is 15.5 Å². The van der Waals surface area contributed by atoms with Gasteiger partial charge in [-0.3, -0.25) is 9.59 Å². The maximum atomic E-state index is 11.5. The number of carbonyl (C=O) groups excluding carboxylic acids is 1. The molecule has 8 heteroatoms. The van der Waals surface area contributed by atoms with Gasteiger partial charge in [0.1, 0.15) is 5.25 Å². The minimum absolute atomic E-state index is 0.231. The minimum atomic E-state index is -1.02. The number of amidine groups is 1. The Labute approximate surface area is 132 Å². The lowest BCUT2D eigenvalue weighted by Gasteiger charge is -2.11. The highest BCUT2D eigenvalue weighted by molar-refractivity contribution is 8.15. The molecule has 0 radical (unpaired) electrons. The summed E-state index contributed by atoms with van der Waals surface area (Å²) >= 11 is 1.08. The molecule has 1 saturated heterocycles. The molecular weight excluding hydrogens is 304 g/mol. The molecule has 0 spiro atoms. The smallest absolute Gasteiger partial charge is 0.305 e. The van der Waals surface area contributed by atoms with Crippen LogP contribution in [0.15, 0.2) is 34.5 Å². The van der Waals surface area contributed by atoms with Gasteiger partial charge in [0, 0.05) is 19.8 Å². The van der Waals surface area contributed by atoms with E-state index in [9.17, 15) is 9.59 Å². The van der Waals surface area contributed by atoms with Gasteiger partial charge in [-0.15, -0.1) is 5.10 Å². The molecule has 22 heavy (non-hydrogen) atoms. The second kappa shape index (κ2) is 7.08. The molecule has 0 aromatic heterocycles. The van der Waals surface area contributed by atoms with Gasteiger partial charge in [-0.25, -0.2) is 0 Å². The maximum absolute atomic E-state index is 11.5. The molecule has 116 valence electrons. The van der Waals surface area contributed by atoms with Crippen molar-refractivity contribution >= 4 is 40.7 Å². The molecule has 2 rings (SSSR count). The fraction of sp³-hybridized carbons (Fsp3) is 0.286. The third-order valence-electron chi connectivity index (χ3n) is 2.90. The Morgan fingerprint density at radius 2 is 2.09 bits per heavy atom. The van der Waals surface area contributed by atoms with Gasteiger partial charge in [0.05, 0.1) is 12.6 Å². The van der Waals surface area contributed by atoms with Crippen molar-refractivity contribution < 1.29 is 14.7 Å². The Hall–Kier alpha value is -2.35. The van der Waals surface area contributed by atoms with Gasteiger partial charge < -0.3 is 15.3 Å². The Morgan fingerprint density at radius 3 is 2.68 bits per heavy atom. The van der Waals surface area contributed by atoms with Crippen molar-refractivity contribution in [2.75, 3.05) is 19.0 Å². The number of carbonyl (C=O) groups is 2. The molecule has 1 heterocycles. The molecule has 1 amide bonds. The summed E-state index contributed by atoms with van der Waals surface area (Å²) in [6, 6.07) is 7.74. The number of hydrogen-bond acceptors (Lipinski definition) is 6. The van der Waals surface area contributed by atoms with Crippen LogP contribution >= 0.6 is 11.8 Å². The summed E-state index contributed by atoms with van der Waals surface area (Å²) in [5.41, 5.74) is 1.96. The van der Waals surface area contributed by atoms with Crippen LogP contribution < -0.4 is 10.2 Å². The van der Waals surface area contributed by atoms with Crippen molar-refractivity contribution in [3.05, 3.63) is 29.8 Å². The molecule has 1 aliphatic heterocycles. The van der Waals surface area contributed by atoms with Crippen LogP contribution in [-0.4, -0.2) is 47.7 Å². The standard InChI is InChI=1S/C14H16N4O3S/c1-18(2)10-5-3-9(4-6-10)8-15-17-14-16-13(21)11(22-14)7-12(19)20/h3-6,8,11H,7H2,1-2H3,(H,19,20)(H,16,17,21)/b15-8-/t11-/m0/s1. The summed E-state index contributed by atoms with van der Waals surface area (Å²) in [6.45, 7) is 0. The summed E-state index contributed by atoms with van der Waals surface area (Å²) in [4.78, 5) is 24.1. The molecule has 1 aromatic rings. The quantitative estimate of drug-likeness (QED) is 0.627. The second-order valence-corrected chi connectivity index (χ2v) is 6.02. The molecule has 1 aliphatic rings. The molecule has 0 saturated carbocycles. The molecule has 1 aromatic carbocycles. The van der Waals surface area contributed by atoms with Crippen molar-refractivity contribution in [3.8, 4) is 0 Å². The van der Waals surface area contributed by atoms with Gasteiger partial charge in [0.2, 0.25) is 5.91 Å². The van der Waals surface area contributed by atoms with Crippen LogP contribution in [0, 0.1) is 0 Å². The van der Waals surface area contributed by atoms with E-state index >= 15 is 0 Å². The third-order valence-corrected chi connectivity index (χ3v) is 3.97. The van der Waals surface area contributed by atoms with Crippen molar-refractivity contribution in [1.82, 2.24) is 5.32 Å². The van der Waals surface area contributed by atoms with E-state index in [0.29, 0.717) is 5.17 Å². The van der Waals surface area contributed by atoms with E-state index in [-0.39, 0.29) is 12.3 Å². The Morgan fingerprint density at radius 1 is 1.41 bits per heavy atom. The zero-order valence-corrected chi connectivity index (χ0v) is 13.0. The van der Waals surface area contributed by atoms with Crippen molar-refractivity contribution in [2.24, 2.45) is 10.2 Å². The number of thioether (sulfide) groups is 1. The summed E-state index contributed by atoms with van der Waals surface area (Å²) in [7, 11) is 3.92. The number of carboxylic acid groups (broad SMARTS) is 1. The molecule has 0 aliphatic carbocycles. The van der Waals surface area contributed by atoms with E-state index in [1.165, 1.54) is 0 Å². The average molecular weight is 320 g/mol. The average Bonchev–Trinajstić information content (AvgIpc) is 2.79. The van der Waals surface area contributed by atoms with E-state index in [1.807, 2.05) is 43.3 Å². The number of amides is 1. The SMILES string of the molecule is CN(C)c1ccc(/C=N\N=C2/NC(=O)[C@H](CC(=O)O)S2)cc1. The summed E-state index contributed by atoms with van der Waals surface area (Å²) in [5, 5.41) is 18.7. The van der Waals surface area contributed by atoms with E-state index in [0.717, 1.165) is 23.0 Å². The number of aliphatic carboxylic acids is 1.